The quantitative estimate of drug-likeness (QED) is 0.616. The SMILES string of the molecule is CC(C)(C)OC(=O)CNCCC(=O)OCc1ccccc1. The van der Waals surface area contributed by atoms with Gasteiger partial charge in [0.05, 0.1) is 13.0 Å². The molecule has 116 valence electrons. The van der Waals surface area contributed by atoms with Gasteiger partial charge in [-0.3, -0.25) is 9.59 Å². The van der Waals surface area contributed by atoms with Crippen molar-refractivity contribution in [1.29, 1.82) is 0 Å². The Morgan fingerprint density at radius 1 is 1.10 bits per heavy atom. The van der Waals surface area contributed by atoms with E-state index in [4.69, 9.17) is 9.47 Å². The summed E-state index contributed by atoms with van der Waals surface area (Å²) in [6.07, 6.45) is 0.218. The molecule has 0 radical (unpaired) electrons. The van der Waals surface area contributed by atoms with Gasteiger partial charge in [-0.05, 0) is 26.3 Å². The lowest BCUT2D eigenvalue weighted by Crippen LogP contribution is -2.32. The van der Waals surface area contributed by atoms with Gasteiger partial charge in [-0.1, -0.05) is 30.3 Å². The number of carbonyl (C=O) groups is 2. The van der Waals surface area contributed by atoms with Gasteiger partial charge in [-0.25, -0.2) is 0 Å². The predicted octanol–water partition coefficient (Wildman–Crippen LogP) is 2.05. The summed E-state index contributed by atoms with van der Waals surface area (Å²) in [7, 11) is 0. The van der Waals surface area contributed by atoms with Crippen molar-refractivity contribution in [2.75, 3.05) is 13.1 Å². The number of carbonyl (C=O) groups excluding carboxylic acids is 2. The van der Waals surface area contributed by atoms with E-state index in [0.29, 0.717) is 6.54 Å². The summed E-state index contributed by atoms with van der Waals surface area (Å²) in [6, 6.07) is 9.49. The molecule has 0 unspecified atom stereocenters. The summed E-state index contributed by atoms with van der Waals surface area (Å²) in [6.45, 7) is 6.17. The number of nitrogens with one attached hydrogen (secondary N) is 1. The Kier molecular flexibility index (Phi) is 6.88. The molecule has 0 amide bonds. The molecule has 1 N–H and O–H groups in total. The first-order valence-corrected chi connectivity index (χ1v) is 6.99. The van der Waals surface area contributed by atoms with Crippen molar-refractivity contribution >= 4 is 11.9 Å². The monoisotopic (exact) mass is 293 g/mol. The van der Waals surface area contributed by atoms with Gasteiger partial charge in [0.2, 0.25) is 0 Å². The molecule has 0 aliphatic carbocycles. The van der Waals surface area contributed by atoms with E-state index < -0.39 is 5.60 Å². The normalized spacial score (nSPS) is 11.0. The lowest BCUT2D eigenvalue weighted by atomic mass is 10.2. The molecule has 21 heavy (non-hydrogen) atoms. The van der Waals surface area contributed by atoms with E-state index in [1.807, 2.05) is 51.1 Å². The third-order valence-electron chi connectivity index (χ3n) is 2.44. The fourth-order valence-electron chi connectivity index (χ4n) is 1.57. The predicted molar refractivity (Wildman–Crippen MR) is 79.6 cm³/mol. The number of esters is 2. The molecule has 0 saturated heterocycles. The largest absolute Gasteiger partial charge is 0.461 e. The van der Waals surface area contributed by atoms with Crippen LogP contribution in [0.1, 0.15) is 32.8 Å². The van der Waals surface area contributed by atoms with Crippen molar-refractivity contribution in [3.05, 3.63) is 35.9 Å². The molecule has 1 aromatic carbocycles. The number of hydrogen-bond donors (Lipinski definition) is 1. The lowest BCUT2D eigenvalue weighted by molar-refractivity contribution is -0.154. The number of ether oxygens (including phenoxy) is 2. The topological polar surface area (TPSA) is 64.6 Å². The van der Waals surface area contributed by atoms with Crippen molar-refractivity contribution < 1.29 is 19.1 Å². The maximum atomic E-state index is 11.5. The summed E-state index contributed by atoms with van der Waals surface area (Å²) in [5.74, 6) is -0.629. The van der Waals surface area contributed by atoms with E-state index in [1.54, 1.807) is 0 Å². The molecule has 0 aliphatic heterocycles. The lowest BCUT2D eigenvalue weighted by Gasteiger charge is -2.19. The minimum absolute atomic E-state index is 0.0865. The Hall–Kier alpha value is -1.88. The van der Waals surface area contributed by atoms with E-state index in [-0.39, 0.29) is 31.5 Å². The smallest absolute Gasteiger partial charge is 0.320 e. The zero-order valence-electron chi connectivity index (χ0n) is 12.8. The van der Waals surface area contributed by atoms with Crippen molar-refractivity contribution in [2.45, 2.75) is 39.4 Å². The second-order valence-corrected chi connectivity index (χ2v) is 5.66. The van der Waals surface area contributed by atoms with Gasteiger partial charge in [0.1, 0.15) is 12.2 Å². The second-order valence-electron chi connectivity index (χ2n) is 5.66. The molecule has 5 nitrogen and oxygen atoms in total. The number of hydrogen-bond acceptors (Lipinski definition) is 5. The zero-order valence-corrected chi connectivity index (χ0v) is 12.8. The third-order valence-corrected chi connectivity index (χ3v) is 2.44. The van der Waals surface area contributed by atoms with Crippen LogP contribution < -0.4 is 5.32 Å². The Bertz CT molecular complexity index is 451. The highest BCUT2D eigenvalue weighted by Crippen LogP contribution is 2.06. The maximum absolute atomic E-state index is 11.5. The van der Waals surface area contributed by atoms with Crippen LogP contribution in [0.3, 0.4) is 0 Å². The van der Waals surface area contributed by atoms with Crippen molar-refractivity contribution in [1.82, 2.24) is 5.32 Å². The molecule has 0 aromatic heterocycles. The van der Waals surface area contributed by atoms with Gasteiger partial charge in [0.25, 0.3) is 0 Å². The van der Waals surface area contributed by atoms with Gasteiger partial charge in [-0.2, -0.15) is 0 Å². The van der Waals surface area contributed by atoms with Crippen LogP contribution in [0.25, 0.3) is 0 Å². The van der Waals surface area contributed by atoms with Crippen molar-refractivity contribution in [3.8, 4) is 0 Å². The van der Waals surface area contributed by atoms with Gasteiger partial charge >= 0.3 is 11.9 Å². The van der Waals surface area contributed by atoms with E-state index in [0.717, 1.165) is 5.56 Å². The molecule has 0 spiro atoms. The Balaban J connectivity index is 2.10. The van der Waals surface area contributed by atoms with Gasteiger partial charge in [0.15, 0.2) is 0 Å². The van der Waals surface area contributed by atoms with Crippen LogP contribution in [0.4, 0.5) is 0 Å². The molecule has 0 saturated carbocycles. The van der Waals surface area contributed by atoms with Crippen LogP contribution in [0.15, 0.2) is 30.3 Å². The summed E-state index contributed by atoms with van der Waals surface area (Å²) in [4.78, 5) is 22.9. The molecule has 0 atom stereocenters. The molecular weight excluding hydrogens is 270 g/mol. The summed E-state index contributed by atoms with van der Waals surface area (Å²) < 4.78 is 10.3. The summed E-state index contributed by atoms with van der Waals surface area (Å²) in [5, 5.41) is 2.86. The van der Waals surface area contributed by atoms with Gasteiger partial charge in [0, 0.05) is 6.54 Å². The standard InChI is InChI=1S/C16H23NO4/c1-16(2,3)21-15(19)11-17-10-9-14(18)20-12-13-7-5-4-6-8-13/h4-8,17H,9-12H2,1-3H3. The number of rotatable bonds is 7. The fraction of sp³-hybridized carbons (Fsp3) is 0.500. The summed E-state index contributed by atoms with van der Waals surface area (Å²) >= 11 is 0. The minimum Gasteiger partial charge on any atom is -0.461 e. The molecule has 0 heterocycles. The Morgan fingerprint density at radius 2 is 1.76 bits per heavy atom. The molecule has 1 aromatic rings. The van der Waals surface area contributed by atoms with Gasteiger partial charge < -0.3 is 14.8 Å². The average Bonchev–Trinajstić information content (AvgIpc) is 2.40. The average molecular weight is 293 g/mol. The highest BCUT2D eigenvalue weighted by atomic mass is 16.6. The van der Waals surface area contributed by atoms with Crippen LogP contribution in [-0.2, 0) is 25.7 Å². The molecule has 1 rings (SSSR count). The molecule has 5 heteroatoms. The molecule has 0 bridgehead atoms. The van der Waals surface area contributed by atoms with E-state index in [2.05, 4.69) is 5.32 Å². The zero-order chi connectivity index (χ0) is 15.7. The van der Waals surface area contributed by atoms with Crippen LogP contribution in [0.5, 0.6) is 0 Å². The summed E-state index contributed by atoms with van der Waals surface area (Å²) in [5.41, 5.74) is 0.459. The molecular formula is C16H23NO4. The first-order valence-electron chi connectivity index (χ1n) is 6.99. The number of benzene rings is 1. The first kappa shape index (κ1) is 17.2. The maximum Gasteiger partial charge on any atom is 0.320 e. The second kappa shape index (κ2) is 8.42. The highest BCUT2D eigenvalue weighted by molar-refractivity contribution is 5.72. The van der Waals surface area contributed by atoms with Crippen molar-refractivity contribution in [2.24, 2.45) is 0 Å². The van der Waals surface area contributed by atoms with Gasteiger partial charge in [-0.15, -0.1) is 0 Å². The van der Waals surface area contributed by atoms with Crippen LogP contribution >= 0.6 is 0 Å². The van der Waals surface area contributed by atoms with E-state index in [9.17, 15) is 9.59 Å². The fourth-order valence-corrected chi connectivity index (χ4v) is 1.57. The first-order chi connectivity index (χ1) is 9.87. The Labute approximate surface area is 125 Å². The van der Waals surface area contributed by atoms with E-state index >= 15 is 0 Å². The van der Waals surface area contributed by atoms with Crippen LogP contribution in [0.2, 0.25) is 0 Å². The third kappa shape index (κ3) is 8.81. The molecule has 0 fully saturated rings. The highest BCUT2D eigenvalue weighted by Gasteiger charge is 2.15. The Morgan fingerprint density at radius 3 is 2.38 bits per heavy atom. The van der Waals surface area contributed by atoms with Crippen LogP contribution in [0, 0.1) is 0 Å². The van der Waals surface area contributed by atoms with Crippen molar-refractivity contribution in [3.63, 3.8) is 0 Å². The van der Waals surface area contributed by atoms with E-state index in [1.165, 1.54) is 0 Å². The minimum atomic E-state index is -0.493. The van der Waals surface area contributed by atoms with Crippen LogP contribution in [-0.4, -0.2) is 30.6 Å². The molecule has 0 aliphatic rings.